The van der Waals surface area contributed by atoms with Gasteiger partial charge in [0.2, 0.25) is 5.13 Å². The Kier molecular flexibility index (Phi) is 3.83. The van der Waals surface area contributed by atoms with Gasteiger partial charge in [-0.15, -0.1) is 0 Å². The van der Waals surface area contributed by atoms with Gasteiger partial charge in [-0.05, 0) is 19.9 Å². The SMILES string of the molecule is CCNc1cnccc1C(=O)Nc1nc(C)ns1. The van der Waals surface area contributed by atoms with Gasteiger partial charge in [0.05, 0.1) is 17.4 Å². The summed E-state index contributed by atoms with van der Waals surface area (Å²) >= 11 is 1.16. The summed E-state index contributed by atoms with van der Waals surface area (Å²) in [6, 6.07) is 1.67. The molecule has 2 N–H and O–H groups in total. The second kappa shape index (κ2) is 5.54. The van der Waals surface area contributed by atoms with Crippen LogP contribution in [0.15, 0.2) is 18.5 Å². The smallest absolute Gasteiger partial charge is 0.259 e. The molecular weight excluding hydrogens is 250 g/mol. The summed E-state index contributed by atoms with van der Waals surface area (Å²) in [7, 11) is 0. The van der Waals surface area contributed by atoms with Crippen LogP contribution in [0, 0.1) is 6.92 Å². The number of rotatable bonds is 4. The predicted octanol–water partition coefficient (Wildman–Crippen LogP) is 1.93. The van der Waals surface area contributed by atoms with E-state index in [1.165, 1.54) is 0 Å². The zero-order valence-electron chi connectivity index (χ0n) is 10.1. The number of carbonyl (C=O) groups excluding carboxylic acids is 1. The summed E-state index contributed by atoms with van der Waals surface area (Å²) in [5, 5.41) is 6.31. The Morgan fingerprint density at radius 3 is 3.00 bits per heavy atom. The van der Waals surface area contributed by atoms with Gasteiger partial charge in [-0.1, -0.05) is 0 Å². The summed E-state index contributed by atoms with van der Waals surface area (Å²) in [6.45, 7) is 4.47. The second-order valence-electron chi connectivity index (χ2n) is 3.55. The molecule has 18 heavy (non-hydrogen) atoms. The topological polar surface area (TPSA) is 79.8 Å². The molecule has 2 aromatic heterocycles. The maximum Gasteiger partial charge on any atom is 0.259 e. The van der Waals surface area contributed by atoms with Crippen molar-refractivity contribution < 1.29 is 4.79 Å². The highest BCUT2D eigenvalue weighted by Crippen LogP contribution is 2.17. The van der Waals surface area contributed by atoms with Crippen LogP contribution in [-0.4, -0.2) is 26.8 Å². The Balaban J connectivity index is 2.18. The Hall–Kier alpha value is -2.02. The molecule has 6 nitrogen and oxygen atoms in total. The lowest BCUT2D eigenvalue weighted by Crippen LogP contribution is -2.14. The first-order valence-corrected chi connectivity index (χ1v) is 6.27. The molecule has 1 amide bonds. The van der Waals surface area contributed by atoms with Gasteiger partial charge < -0.3 is 5.32 Å². The predicted molar refractivity (Wildman–Crippen MR) is 71.0 cm³/mol. The van der Waals surface area contributed by atoms with Crippen molar-refractivity contribution in [3.8, 4) is 0 Å². The molecule has 0 fully saturated rings. The quantitative estimate of drug-likeness (QED) is 0.881. The number of pyridine rings is 1. The highest BCUT2D eigenvalue weighted by Gasteiger charge is 2.12. The molecule has 2 aromatic rings. The average molecular weight is 263 g/mol. The number of anilines is 2. The van der Waals surface area contributed by atoms with Gasteiger partial charge in [-0.25, -0.2) is 4.98 Å². The molecule has 0 aliphatic heterocycles. The molecular formula is C11H13N5OS. The minimum Gasteiger partial charge on any atom is -0.383 e. The Morgan fingerprint density at radius 2 is 2.33 bits per heavy atom. The molecule has 2 heterocycles. The first-order valence-electron chi connectivity index (χ1n) is 5.50. The number of carbonyl (C=O) groups is 1. The molecule has 0 bridgehead atoms. The van der Waals surface area contributed by atoms with Crippen LogP contribution >= 0.6 is 11.5 Å². The number of amides is 1. The number of aryl methyl sites for hydroxylation is 1. The molecule has 0 saturated carbocycles. The highest BCUT2D eigenvalue weighted by molar-refractivity contribution is 7.09. The fraction of sp³-hybridized carbons (Fsp3) is 0.273. The van der Waals surface area contributed by atoms with Gasteiger partial charge in [0.15, 0.2) is 0 Å². The zero-order chi connectivity index (χ0) is 13.0. The minimum absolute atomic E-state index is 0.218. The maximum absolute atomic E-state index is 12.1. The Bertz CT molecular complexity index is 554. The van der Waals surface area contributed by atoms with Crippen molar-refractivity contribution in [1.29, 1.82) is 0 Å². The molecule has 0 saturated heterocycles. The molecule has 0 aliphatic rings. The van der Waals surface area contributed by atoms with Gasteiger partial charge >= 0.3 is 0 Å². The fourth-order valence-corrected chi connectivity index (χ4v) is 2.01. The summed E-state index contributed by atoms with van der Waals surface area (Å²) in [5.74, 6) is 0.432. The molecule has 0 aromatic carbocycles. The van der Waals surface area contributed by atoms with E-state index in [0.717, 1.165) is 18.1 Å². The third-order valence-electron chi connectivity index (χ3n) is 2.18. The number of nitrogens with one attached hydrogen (secondary N) is 2. The van der Waals surface area contributed by atoms with Gasteiger partial charge in [0.1, 0.15) is 5.82 Å². The summed E-state index contributed by atoms with van der Waals surface area (Å²) in [5.41, 5.74) is 1.25. The van der Waals surface area contributed by atoms with Crippen molar-refractivity contribution in [1.82, 2.24) is 14.3 Å². The summed E-state index contributed by atoms with van der Waals surface area (Å²) in [6.07, 6.45) is 3.21. The van der Waals surface area contributed by atoms with Crippen molar-refractivity contribution in [2.75, 3.05) is 17.2 Å². The van der Waals surface area contributed by atoms with E-state index in [2.05, 4.69) is 25.0 Å². The second-order valence-corrected chi connectivity index (χ2v) is 4.30. The molecule has 0 spiro atoms. The van der Waals surface area contributed by atoms with E-state index in [4.69, 9.17) is 0 Å². The van der Waals surface area contributed by atoms with E-state index in [-0.39, 0.29) is 5.91 Å². The van der Waals surface area contributed by atoms with Crippen molar-refractivity contribution in [3.63, 3.8) is 0 Å². The van der Waals surface area contributed by atoms with E-state index < -0.39 is 0 Å². The third kappa shape index (κ3) is 2.80. The maximum atomic E-state index is 12.1. The van der Waals surface area contributed by atoms with Crippen molar-refractivity contribution in [2.45, 2.75) is 13.8 Å². The highest BCUT2D eigenvalue weighted by atomic mass is 32.1. The molecule has 2 rings (SSSR count). The lowest BCUT2D eigenvalue weighted by atomic mass is 10.2. The molecule has 0 atom stereocenters. The van der Waals surface area contributed by atoms with Crippen LogP contribution in [0.1, 0.15) is 23.1 Å². The standard InChI is InChI=1S/C11H13N5OS/c1-3-13-9-6-12-5-4-8(9)10(17)15-11-14-7(2)16-18-11/h4-6,13H,3H2,1-2H3,(H,14,15,16,17). The summed E-state index contributed by atoms with van der Waals surface area (Å²) in [4.78, 5) is 20.2. The first-order chi connectivity index (χ1) is 8.70. The normalized spacial score (nSPS) is 10.1. The van der Waals surface area contributed by atoms with E-state index in [9.17, 15) is 4.79 Å². The molecule has 0 aliphatic carbocycles. The molecule has 0 radical (unpaired) electrons. The van der Waals surface area contributed by atoms with Gasteiger partial charge in [-0.2, -0.15) is 4.37 Å². The number of nitrogens with zero attached hydrogens (tertiary/aromatic N) is 3. The van der Waals surface area contributed by atoms with E-state index in [0.29, 0.717) is 22.2 Å². The van der Waals surface area contributed by atoms with Crippen molar-refractivity contribution >= 4 is 28.3 Å². The molecule has 0 unspecified atom stereocenters. The van der Waals surface area contributed by atoms with Gasteiger partial charge in [-0.3, -0.25) is 15.1 Å². The average Bonchev–Trinajstić information content (AvgIpc) is 2.76. The molecule has 94 valence electrons. The van der Waals surface area contributed by atoms with Crippen LogP contribution in [0.2, 0.25) is 0 Å². The first kappa shape index (κ1) is 12.4. The number of aromatic nitrogens is 3. The Morgan fingerprint density at radius 1 is 1.50 bits per heavy atom. The number of hydrogen-bond donors (Lipinski definition) is 2. The van der Waals surface area contributed by atoms with Crippen LogP contribution < -0.4 is 10.6 Å². The van der Waals surface area contributed by atoms with E-state index >= 15 is 0 Å². The van der Waals surface area contributed by atoms with E-state index in [1.807, 2.05) is 6.92 Å². The third-order valence-corrected chi connectivity index (χ3v) is 2.90. The van der Waals surface area contributed by atoms with Crippen LogP contribution in [0.25, 0.3) is 0 Å². The monoisotopic (exact) mass is 263 g/mol. The fourth-order valence-electron chi connectivity index (χ4n) is 1.44. The van der Waals surface area contributed by atoms with Gasteiger partial charge in [0, 0.05) is 24.3 Å². The van der Waals surface area contributed by atoms with E-state index in [1.54, 1.807) is 25.4 Å². The lowest BCUT2D eigenvalue weighted by molar-refractivity contribution is 0.102. The Labute approximate surface area is 109 Å². The van der Waals surface area contributed by atoms with Crippen LogP contribution in [0.4, 0.5) is 10.8 Å². The van der Waals surface area contributed by atoms with Crippen molar-refractivity contribution in [3.05, 3.63) is 29.8 Å². The van der Waals surface area contributed by atoms with Crippen molar-refractivity contribution in [2.24, 2.45) is 0 Å². The molecule has 7 heteroatoms. The van der Waals surface area contributed by atoms with Crippen LogP contribution in [0.5, 0.6) is 0 Å². The van der Waals surface area contributed by atoms with Gasteiger partial charge in [0.25, 0.3) is 5.91 Å². The van der Waals surface area contributed by atoms with Crippen LogP contribution in [-0.2, 0) is 0 Å². The zero-order valence-corrected chi connectivity index (χ0v) is 10.9. The summed E-state index contributed by atoms with van der Waals surface area (Å²) < 4.78 is 4.01. The number of hydrogen-bond acceptors (Lipinski definition) is 6. The lowest BCUT2D eigenvalue weighted by Gasteiger charge is -2.08. The largest absolute Gasteiger partial charge is 0.383 e. The minimum atomic E-state index is -0.218. The van der Waals surface area contributed by atoms with Crippen LogP contribution in [0.3, 0.4) is 0 Å².